The number of benzene rings is 1. The largest absolute Gasteiger partial charge is 0.481 e. The Morgan fingerprint density at radius 3 is 2.52 bits per heavy atom. The molecule has 7 heteroatoms. The fourth-order valence-electron chi connectivity index (χ4n) is 3.62. The number of methoxy groups -OCH3 is 1. The number of ether oxygens (including phenoxy) is 1. The van der Waals surface area contributed by atoms with Crippen LogP contribution in [0.25, 0.3) is 0 Å². The van der Waals surface area contributed by atoms with E-state index < -0.39 is 11.4 Å². The zero-order valence-electron chi connectivity index (χ0n) is 15.9. The summed E-state index contributed by atoms with van der Waals surface area (Å²) >= 11 is 0. The molecule has 7 nitrogen and oxygen atoms in total. The van der Waals surface area contributed by atoms with Crippen LogP contribution in [0.2, 0.25) is 0 Å². The Bertz CT molecular complexity index is 843. The second kappa shape index (κ2) is 7.52. The molecule has 1 unspecified atom stereocenters. The molecule has 2 heterocycles. The fraction of sp³-hybridized carbons (Fsp3) is 0.450. The van der Waals surface area contributed by atoms with Gasteiger partial charge in [-0.1, -0.05) is 12.1 Å². The molecule has 1 aromatic carbocycles. The molecule has 1 amide bonds. The Labute approximate surface area is 158 Å². The van der Waals surface area contributed by atoms with E-state index in [-0.39, 0.29) is 19.1 Å². The molecule has 0 bridgehead atoms. The first-order chi connectivity index (χ1) is 12.8. The zero-order chi connectivity index (χ0) is 19.6. The maximum atomic E-state index is 12.8. The van der Waals surface area contributed by atoms with E-state index in [1.807, 2.05) is 36.7 Å². The molecule has 0 radical (unpaired) electrons. The number of rotatable bonds is 6. The lowest BCUT2D eigenvalue weighted by molar-refractivity contribution is -0.151. The van der Waals surface area contributed by atoms with E-state index in [0.717, 1.165) is 17.0 Å². The average molecular weight is 371 g/mol. The number of carbonyl (C=O) groups excluding carboxylic acids is 1. The summed E-state index contributed by atoms with van der Waals surface area (Å²) in [6, 6.07) is 9.44. The van der Waals surface area contributed by atoms with Crippen molar-refractivity contribution in [2.24, 2.45) is 5.41 Å². The van der Waals surface area contributed by atoms with Crippen LogP contribution in [0.4, 0.5) is 0 Å². The number of aromatic nitrogens is 2. The number of amides is 1. The SMILES string of the molecule is COCC1(C(=O)O)CCN(C(=O)c2ccc(Cn3nc(C)cc3C)cc2)C1. The zero-order valence-corrected chi connectivity index (χ0v) is 15.9. The van der Waals surface area contributed by atoms with E-state index in [2.05, 4.69) is 5.10 Å². The quantitative estimate of drug-likeness (QED) is 0.841. The van der Waals surface area contributed by atoms with Gasteiger partial charge in [-0.3, -0.25) is 14.3 Å². The highest BCUT2D eigenvalue weighted by Gasteiger charge is 2.46. The molecule has 0 saturated carbocycles. The highest BCUT2D eigenvalue weighted by Crippen LogP contribution is 2.32. The molecule has 1 N–H and O–H groups in total. The van der Waals surface area contributed by atoms with Crippen molar-refractivity contribution in [3.05, 3.63) is 52.8 Å². The second-order valence-corrected chi connectivity index (χ2v) is 7.28. The van der Waals surface area contributed by atoms with Crippen molar-refractivity contribution in [1.29, 1.82) is 0 Å². The van der Waals surface area contributed by atoms with E-state index in [9.17, 15) is 14.7 Å². The van der Waals surface area contributed by atoms with Gasteiger partial charge >= 0.3 is 5.97 Å². The normalized spacial score (nSPS) is 19.4. The first-order valence-corrected chi connectivity index (χ1v) is 8.96. The van der Waals surface area contributed by atoms with Crippen molar-refractivity contribution in [1.82, 2.24) is 14.7 Å². The molecule has 3 rings (SSSR count). The third-order valence-electron chi connectivity index (χ3n) is 5.15. The van der Waals surface area contributed by atoms with Crippen molar-refractivity contribution < 1.29 is 19.4 Å². The van der Waals surface area contributed by atoms with Crippen LogP contribution in [0, 0.1) is 19.3 Å². The fourth-order valence-corrected chi connectivity index (χ4v) is 3.62. The van der Waals surface area contributed by atoms with Crippen molar-refractivity contribution in [3.63, 3.8) is 0 Å². The summed E-state index contributed by atoms with van der Waals surface area (Å²) < 4.78 is 7.01. The van der Waals surface area contributed by atoms with Gasteiger partial charge in [0.25, 0.3) is 5.91 Å². The topological polar surface area (TPSA) is 84.7 Å². The van der Waals surface area contributed by atoms with Gasteiger partial charge in [0.1, 0.15) is 5.41 Å². The maximum Gasteiger partial charge on any atom is 0.313 e. The van der Waals surface area contributed by atoms with Gasteiger partial charge in [-0.25, -0.2) is 0 Å². The summed E-state index contributed by atoms with van der Waals surface area (Å²) in [4.78, 5) is 26.0. The highest BCUT2D eigenvalue weighted by atomic mass is 16.5. The molecule has 0 aliphatic carbocycles. The molecule has 1 aliphatic rings. The van der Waals surface area contributed by atoms with Crippen LogP contribution in [-0.2, 0) is 16.1 Å². The predicted octanol–water partition coefficient (Wildman–Crippen LogP) is 2.11. The van der Waals surface area contributed by atoms with E-state index >= 15 is 0 Å². The molecule has 0 spiro atoms. The Balaban J connectivity index is 1.69. The highest BCUT2D eigenvalue weighted by molar-refractivity contribution is 5.95. The molecule has 144 valence electrons. The van der Waals surface area contributed by atoms with E-state index in [4.69, 9.17) is 4.74 Å². The van der Waals surface area contributed by atoms with Gasteiger partial charge in [0.2, 0.25) is 0 Å². The first kappa shape index (κ1) is 19.1. The Kier molecular flexibility index (Phi) is 5.32. The number of carboxylic acids is 1. The molecular formula is C20H25N3O4. The lowest BCUT2D eigenvalue weighted by atomic mass is 9.88. The Morgan fingerprint density at radius 1 is 1.26 bits per heavy atom. The van der Waals surface area contributed by atoms with Gasteiger partial charge < -0.3 is 14.7 Å². The van der Waals surface area contributed by atoms with Gasteiger partial charge in [-0.2, -0.15) is 5.10 Å². The molecular weight excluding hydrogens is 346 g/mol. The van der Waals surface area contributed by atoms with Crippen LogP contribution >= 0.6 is 0 Å². The average Bonchev–Trinajstić information content (AvgIpc) is 3.20. The lowest BCUT2D eigenvalue weighted by Gasteiger charge is -2.23. The summed E-state index contributed by atoms with van der Waals surface area (Å²) in [7, 11) is 1.48. The number of aliphatic carboxylic acids is 1. The standard InChI is InChI=1S/C20H25N3O4/c1-14-10-15(2)23(21-14)11-16-4-6-17(7-5-16)18(24)22-9-8-20(12-22,13-27-3)19(25)26/h4-7,10H,8-9,11-13H2,1-3H3,(H,25,26). The molecule has 1 aliphatic heterocycles. The maximum absolute atomic E-state index is 12.8. The minimum absolute atomic E-state index is 0.105. The molecule has 1 saturated heterocycles. The van der Waals surface area contributed by atoms with E-state index in [1.54, 1.807) is 17.0 Å². The molecule has 2 aromatic rings. The van der Waals surface area contributed by atoms with Crippen molar-refractivity contribution in [3.8, 4) is 0 Å². The summed E-state index contributed by atoms with van der Waals surface area (Å²) in [6.45, 7) is 5.31. The monoisotopic (exact) mass is 371 g/mol. The molecule has 1 aromatic heterocycles. The molecule has 1 atom stereocenters. The lowest BCUT2D eigenvalue weighted by Crippen LogP contribution is -2.40. The smallest absolute Gasteiger partial charge is 0.313 e. The summed E-state index contributed by atoms with van der Waals surface area (Å²) in [5, 5.41) is 14.0. The van der Waals surface area contributed by atoms with Gasteiger partial charge in [0.05, 0.1) is 18.8 Å². The summed E-state index contributed by atoms with van der Waals surface area (Å²) in [5.41, 5.74) is 2.67. The molecule has 27 heavy (non-hydrogen) atoms. The Morgan fingerprint density at radius 2 is 1.96 bits per heavy atom. The number of nitrogens with zero attached hydrogens (tertiary/aromatic N) is 3. The van der Waals surface area contributed by atoms with Gasteiger partial charge in [-0.05, 0) is 44.0 Å². The third-order valence-corrected chi connectivity index (χ3v) is 5.15. The summed E-state index contributed by atoms with van der Waals surface area (Å²) in [5.74, 6) is -1.06. The van der Waals surface area contributed by atoms with Crippen molar-refractivity contribution in [2.45, 2.75) is 26.8 Å². The van der Waals surface area contributed by atoms with Gasteiger partial charge in [0, 0.05) is 31.5 Å². The minimum atomic E-state index is -1.01. The minimum Gasteiger partial charge on any atom is -0.481 e. The Hall–Kier alpha value is -2.67. The van der Waals surface area contributed by atoms with E-state index in [0.29, 0.717) is 25.1 Å². The van der Waals surface area contributed by atoms with Gasteiger partial charge in [-0.15, -0.1) is 0 Å². The number of aryl methyl sites for hydroxylation is 2. The first-order valence-electron chi connectivity index (χ1n) is 8.96. The van der Waals surface area contributed by atoms with Crippen LogP contribution in [0.15, 0.2) is 30.3 Å². The van der Waals surface area contributed by atoms with Crippen molar-refractivity contribution >= 4 is 11.9 Å². The van der Waals surface area contributed by atoms with Gasteiger partial charge in [0.15, 0.2) is 0 Å². The van der Waals surface area contributed by atoms with Crippen LogP contribution in [0.3, 0.4) is 0 Å². The number of hydrogen-bond donors (Lipinski definition) is 1. The van der Waals surface area contributed by atoms with Crippen LogP contribution in [0.5, 0.6) is 0 Å². The third kappa shape index (κ3) is 3.88. The van der Waals surface area contributed by atoms with Crippen molar-refractivity contribution in [2.75, 3.05) is 26.8 Å². The number of carboxylic acid groups (broad SMARTS) is 1. The van der Waals surface area contributed by atoms with E-state index in [1.165, 1.54) is 7.11 Å². The number of likely N-dealkylation sites (tertiary alicyclic amines) is 1. The van der Waals surface area contributed by atoms with Crippen LogP contribution in [0.1, 0.15) is 33.7 Å². The van der Waals surface area contributed by atoms with Crippen LogP contribution in [-0.4, -0.2) is 58.5 Å². The van der Waals surface area contributed by atoms with Crippen LogP contribution < -0.4 is 0 Å². The number of hydrogen-bond acceptors (Lipinski definition) is 4. The number of carbonyl (C=O) groups is 2. The second-order valence-electron chi connectivity index (χ2n) is 7.28. The summed E-state index contributed by atoms with van der Waals surface area (Å²) in [6.07, 6.45) is 0.401. The predicted molar refractivity (Wildman–Crippen MR) is 99.7 cm³/mol. The molecule has 1 fully saturated rings.